The number of thiocarbonyl (C=S) groups is 1. The van der Waals surface area contributed by atoms with Crippen LogP contribution >= 0.6 is 12.2 Å². The molecule has 4 saturated carbocycles. The van der Waals surface area contributed by atoms with Gasteiger partial charge in [-0.25, -0.2) is 4.98 Å². The smallest absolute Gasteiger partial charge is 0.227 e. The van der Waals surface area contributed by atoms with E-state index >= 15 is 0 Å². The van der Waals surface area contributed by atoms with E-state index in [0.717, 1.165) is 40.1 Å². The maximum Gasteiger partial charge on any atom is 0.227 e. The number of aromatic nitrogens is 1. The summed E-state index contributed by atoms with van der Waals surface area (Å²) in [7, 11) is 0. The molecule has 0 aliphatic heterocycles. The van der Waals surface area contributed by atoms with Gasteiger partial charge >= 0.3 is 0 Å². The van der Waals surface area contributed by atoms with Gasteiger partial charge in [-0.05, 0) is 116 Å². The van der Waals surface area contributed by atoms with Crippen LogP contribution in [0.15, 0.2) is 46.9 Å². The number of nitrogens with zero attached hydrogens (tertiary/aromatic N) is 1. The third-order valence-corrected chi connectivity index (χ3v) is 8.63. The van der Waals surface area contributed by atoms with Crippen LogP contribution in [0.2, 0.25) is 0 Å². The molecule has 1 heterocycles. The third kappa shape index (κ3) is 4.61. The van der Waals surface area contributed by atoms with Crippen molar-refractivity contribution in [1.29, 1.82) is 0 Å². The maximum atomic E-state index is 12.9. The second kappa shape index (κ2) is 8.74. The molecule has 5 nitrogen and oxygen atoms in total. The average molecular weight is 488 g/mol. The van der Waals surface area contributed by atoms with E-state index in [1.165, 1.54) is 44.1 Å². The number of hydrogen-bond acceptors (Lipinski definition) is 4. The molecule has 35 heavy (non-hydrogen) atoms. The summed E-state index contributed by atoms with van der Waals surface area (Å²) in [5, 5.41) is 6.43. The van der Waals surface area contributed by atoms with E-state index in [-0.39, 0.29) is 11.3 Å². The second-order valence-corrected chi connectivity index (χ2v) is 12.0. The summed E-state index contributed by atoms with van der Waals surface area (Å²) >= 11 is 5.47. The minimum Gasteiger partial charge on any atom is -0.436 e. The van der Waals surface area contributed by atoms with Gasteiger partial charge in [-0.15, -0.1) is 0 Å². The first-order valence-electron chi connectivity index (χ1n) is 13.0. The van der Waals surface area contributed by atoms with Crippen molar-refractivity contribution in [2.75, 3.05) is 5.32 Å². The Kier molecular flexibility index (Phi) is 5.67. The largest absolute Gasteiger partial charge is 0.436 e. The van der Waals surface area contributed by atoms with Crippen LogP contribution in [0.25, 0.3) is 22.6 Å². The first kappa shape index (κ1) is 22.7. The van der Waals surface area contributed by atoms with Crippen molar-refractivity contribution in [3.05, 3.63) is 48.0 Å². The molecule has 0 unspecified atom stereocenters. The maximum absolute atomic E-state index is 12.9. The van der Waals surface area contributed by atoms with Crippen LogP contribution in [0.1, 0.15) is 70.3 Å². The number of nitrogens with one attached hydrogen (secondary N) is 2. The molecule has 4 aliphatic rings. The zero-order valence-electron chi connectivity index (χ0n) is 20.5. The molecule has 0 spiro atoms. The number of rotatable bonds is 5. The molecular weight excluding hydrogens is 454 g/mol. The molecule has 4 aliphatic carbocycles. The molecule has 7 rings (SSSR count). The van der Waals surface area contributed by atoms with Crippen molar-refractivity contribution in [3.63, 3.8) is 0 Å². The van der Waals surface area contributed by atoms with Crippen LogP contribution in [0, 0.1) is 23.2 Å². The lowest BCUT2D eigenvalue weighted by Gasteiger charge is -2.56. The molecule has 1 amide bonds. The fourth-order valence-corrected chi connectivity index (χ4v) is 7.55. The summed E-state index contributed by atoms with van der Waals surface area (Å²) in [5.41, 5.74) is 4.70. The van der Waals surface area contributed by atoms with E-state index < -0.39 is 0 Å². The predicted octanol–water partition coefficient (Wildman–Crippen LogP) is 7.04. The molecule has 0 saturated heterocycles. The highest BCUT2D eigenvalue weighted by Gasteiger charge is 2.51. The van der Waals surface area contributed by atoms with Gasteiger partial charge in [-0.2, -0.15) is 0 Å². The molecule has 6 heteroatoms. The lowest BCUT2D eigenvalue weighted by molar-refractivity contribution is -0.127. The number of anilines is 1. The number of fused-ring (bicyclic) bond motifs is 1. The standard InChI is InChI=1S/C29H33N3O2S/c1-17(2)21-3-5-22(6-4-21)27-31-24-12-23(7-8-25(24)34-27)30-28(35)32-26(33)16-29-13-18-9-19(14-29)11-20(10-18)15-29/h3-8,12,17-20H,9-11,13-16H2,1-2H3,(H2,30,32,33,35). The van der Waals surface area contributed by atoms with Crippen LogP contribution in [0.4, 0.5) is 5.69 Å². The van der Waals surface area contributed by atoms with Crippen molar-refractivity contribution >= 4 is 40.0 Å². The highest BCUT2D eigenvalue weighted by atomic mass is 32.1. The van der Waals surface area contributed by atoms with Gasteiger partial charge in [0.25, 0.3) is 0 Å². The third-order valence-electron chi connectivity index (χ3n) is 8.42. The molecule has 1 aromatic heterocycles. The van der Waals surface area contributed by atoms with Gasteiger partial charge in [0, 0.05) is 17.7 Å². The van der Waals surface area contributed by atoms with Gasteiger partial charge in [0.1, 0.15) is 5.52 Å². The molecule has 3 aromatic rings. The van der Waals surface area contributed by atoms with Gasteiger partial charge in [0.05, 0.1) is 0 Å². The Labute approximate surface area is 212 Å². The van der Waals surface area contributed by atoms with Crippen molar-refractivity contribution < 1.29 is 9.21 Å². The van der Waals surface area contributed by atoms with E-state index in [1.54, 1.807) is 0 Å². The van der Waals surface area contributed by atoms with Gasteiger partial charge in [-0.3, -0.25) is 4.79 Å². The highest BCUT2D eigenvalue weighted by Crippen LogP contribution is 2.61. The minimum absolute atomic E-state index is 0.0408. The SMILES string of the molecule is CC(C)c1ccc(-c2nc3cc(NC(=S)NC(=O)CC45CC6CC(CC(C6)C4)C5)ccc3o2)cc1. The molecule has 2 N–H and O–H groups in total. The van der Waals surface area contributed by atoms with Crippen LogP contribution in [0.5, 0.6) is 0 Å². The second-order valence-electron chi connectivity index (χ2n) is 11.6. The Bertz CT molecular complexity index is 1240. The quantitative estimate of drug-likeness (QED) is 0.378. The van der Waals surface area contributed by atoms with Gasteiger partial charge in [-0.1, -0.05) is 26.0 Å². The van der Waals surface area contributed by atoms with Crippen LogP contribution < -0.4 is 10.6 Å². The first-order valence-corrected chi connectivity index (χ1v) is 13.4. The Hall–Kier alpha value is -2.73. The summed E-state index contributed by atoms with van der Waals surface area (Å²) in [4.78, 5) is 17.6. The topological polar surface area (TPSA) is 67.2 Å². The number of oxazole rings is 1. The Morgan fingerprint density at radius 2 is 1.71 bits per heavy atom. The summed E-state index contributed by atoms with van der Waals surface area (Å²) < 4.78 is 5.97. The Morgan fingerprint density at radius 3 is 2.34 bits per heavy atom. The van der Waals surface area contributed by atoms with Crippen molar-refractivity contribution in [2.24, 2.45) is 23.2 Å². The van der Waals surface area contributed by atoms with Crippen LogP contribution in [-0.4, -0.2) is 16.0 Å². The summed E-state index contributed by atoms with van der Waals surface area (Å²) in [6.45, 7) is 4.36. The van der Waals surface area contributed by atoms with Gasteiger partial charge < -0.3 is 15.1 Å². The van der Waals surface area contributed by atoms with E-state index in [0.29, 0.717) is 23.3 Å². The fraction of sp³-hybridized carbons (Fsp3) is 0.483. The molecular formula is C29H33N3O2S. The zero-order chi connectivity index (χ0) is 24.2. The lowest BCUT2D eigenvalue weighted by Crippen LogP contribution is -2.48. The molecule has 0 radical (unpaired) electrons. The summed E-state index contributed by atoms with van der Waals surface area (Å²) in [6.07, 6.45) is 8.41. The Balaban J connectivity index is 1.09. The number of carbonyl (C=O) groups excluding carboxylic acids is 1. The number of hydrogen-bond donors (Lipinski definition) is 2. The molecule has 0 atom stereocenters. The molecule has 4 fully saturated rings. The fourth-order valence-electron chi connectivity index (χ4n) is 7.32. The number of carbonyl (C=O) groups is 1. The molecule has 4 bridgehead atoms. The average Bonchev–Trinajstić information content (AvgIpc) is 3.21. The van der Waals surface area contributed by atoms with Crippen molar-refractivity contribution in [2.45, 2.75) is 64.7 Å². The van der Waals surface area contributed by atoms with E-state index in [9.17, 15) is 4.79 Å². The zero-order valence-corrected chi connectivity index (χ0v) is 21.3. The minimum atomic E-state index is 0.0408. The van der Waals surface area contributed by atoms with E-state index in [2.05, 4.69) is 41.6 Å². The summed E-state index contributed by atoms with van der Waals surface area (Å²) in [5.74, 6) is 3.64. The summed E-state index contributed by atoms with van der Waals surface area (Å²) in [6, 6.07) is 14.0. The van der Waals surface area contributed by atoms with E-state index in [4.69, 9.17) is 16.6 Å². The van der Waals surface area contributed by atoms with Crippen LogP contribution in [-0.2, 0) is 4.79 Å². The van der Waals surface area contributed by atoms with Crippen molar-refractivity contribution in [3.8, 4) is 11.5 Å². The van der Waals surface area contributed by atoms with Crippen molar-refractivity contribution in [1.82, 2.24) is 10.3 Å². The first-order chi connectivity index (χ1) is 16.8. The van der Waals surface area contributed by atoms with Crippen LogP contribution in [0.3, 0.4) is 0 Å². The number of amides is 1. The predicted molar refractivity (Wildman–Crippen MR) is 143 cm³/mol. The molecule has 182 valence electrons. The van der Waals surface area contributed by atoms with Gasteiger partial charge in [0.2, 0.25) is 11.8 Å². The van der Waals surface area contributed by atoms with Gasteiger partial charge in [0.15, 0.2) is 10.7 Å². The monoisotopic (exact) mass is 487 g/mol. The van der Waals surface area contributed by atoms with E-state index in [1.807, 2.05) is 30.3 Å². The number of benzene rings is 2. The molecule has 2 aromatic carbocycles. The Morgan fingerprint density at radius 1 is 1.06 bits per heavy atom. The highest BCUT2D eigenvalue weighted by molar-refractivity contribution is 7.80. The normalized spacial score (nSPS) is 26.9. The lowest BCUT2D eigenvalue weighted by atomic mass is 9.49.